The number of thiazole rings is 1. The van der Waals surface area contributed by atoms with Gasteiger partial charge in [-0.3, -0.25) is 0 Å². The number of nitrogens with zero attached hydrogens (tertiary/aromatic N) is 1. The van der Waals surface area contributed by atoms with Crippen LogP contribution >= 0.6 is 11.3 Å². The molecule has 18 heavy (non-hydrogen) atoms. The van der Waals surface area contributed by atoms with Crippen molar-refractivity contribution in [3.63, 3.8) is 0 Å². The fraction of sp³-hybridized carbons (Fsp3) is 0.400. The Kier molecular flexibility index (Phi) is 4.50. The molecule has 1 aromatic carbocycles. The van der Waals surface area contributed by atoms with Crippen LogP contribution in [0.25, 0.3) is 0 Å². The van der Waals surface area contributed by atoms with E-state index in [1.165, 1.54) is 16.0 Å². The van der Waals surface area contributed by atoms with E-state index < -0.39 is 0 Å². The first-order chi connectivity index (χ1) is 8.72. The average Bonchev–Trinajstić information content (AvgIpc) is 2.71. The van der Waals surface area contributed by atoms with Gasteiger partial charge in [0.15, 0.2) is 0 Å². The summed E-state index contributed by atoms with van der Waals surface area (Å²) >= 11 is 1.80. The van der Waals surface area contributed by atoms with Gasteiger partial charge in [-0.1, -0.05) is 31.2 Å². The summed E-state index contributed by atoms with van der Waals surface area (Å²) in [5.74, 6) is 0. The van der Waals surface area contributed by atoms with E-state index in [9.17, 15) is 0 Å². The third-order valence-electron chi connectivity index (χ3n) is 3.09. The molecule has 0 atom stereocenters. The first-order valence-electron chi connectivity index (χ1n) is 6.46. The first kappa shape index (κ1) is 13.2. The zero-order valence-electron chi connectivity index (χ0n) is 11.1. The zero-order valence-corrected chi connectivity index (χ0v) is 11.9. The van der Waals surface area contributed by atoms with Gasteiger partial charge in [-0.05, 0) is 31.0 Å². The Morgan fingerprint density at radius 1 is 1.17 bits per heavy atom. The Balaban J connectivity index is 2.12. The number of nitrogens with two attached hydrogens (primary N) is 1. The minimum atomic E-state index is 0.678. The van der Waals surface area contributed by atoms with Gasteiger partial charge in [0, 0.05) is 17.7 Å². The summed E-state index contributed by atoms with van der Waals surface area (Å²) < 4.78 is 0. The molecule has 0 saturated carbocycles. The summed E-state index contributed by atoms with van der Waals surface area (Å²) in [6, 6.07) is 8.88. The van der Waals surface area contributed by atoms with Gasteiger partial charge >= 0.3 is 0 Å². The molecular formula is C15H20N2S. The summed E-state index contributed by atoms with van der Waals surface area (Å²) in [5, 5.41) is 1.16. The van der Waals surface area contributed by atoms with E-state index in [-0.39, 0.29) is 0 Å². The molecule has 0 unspecified atom stereocenters. The van der Waals surface area contributed by atoms with E-state index in [4.69, 9.17) is 5.73 Å². The van der Waals surface area contributed by atoms with Crippen LogP contribution in [0, 0.1) is 6.92 Å². The molecule has 2 rings (SSSR count). The Morgan fingerprint density at radius 2 is 1.83 bits per heavy atom. The number of hydrogen-bond donors (Lipinski definition) is 1. The number of aromatic nitrogens is 1. The van der Waals surface area contributed by atoms with E-state index in [1.54, 1.807) is 11.3 Å². The quantitative estimate of drug-likeness (QED) is 0.897. The molecule has 0 spiro atoms. The Labute approximate surface area is 113 Å². The number of rotatable bonds is 5. The normalized spacial score (nSPS) is 10.8. The van der Waals surface area contributed by atoms with Gasteiger partial charge in [-0.2, -0.15) is 0 Å². The highest BCUT2D eigenvalue weighted by Gasteiger charge is 2.07. The minimum Gasteiger partial charge on any atom is -0.330 e. The monoisotopic (exact) mass is 260 g/mol. The van der Waals surface area contributed by atoms with Crippen molar-refractivity contribution in [1.82, 2.24) is 4.98 Å². The molecule has 0 aliphatic heterocycles. The van der Waals surface area contributed by atoms with Gasteiger partial charge in [0.1, 0.15) is 0 Å². The second-order valence-electron chi connectivity index (χ2n) is 4.50. The zero-order chi connectivity index (χ0) is 13.0. The van der Waals surface area contributed by atoms with Crippen LogP contribution in [-0.2, 0) is 19.3 Å². The summed E-state index contributed by atoms with van der Waals surface area (Å²) in [7, 11) is 0. The molecule has 3 heteroatoms. The topological polar surface area (TPSA) is 38.9 Å². The largest absolute Gasteiger partial charge is 0.330 e. The van der Waals surface area contributed by atoms with Gasteiger partial charge < -0.3 is 5.73 Å². The van der Waals surface area contributed by atoms with Crippen LogP contribution in [0.2, 0.25) is 0 Å². The lowest BCUT2D eigenvalue weighted by Gasteiger charge is -2.01. The third-order valence-corrected chi connectivity index (χ3v) is 4.31. The fourth-order valence-electron chi connectivity index (χ4n) is 1.96. The maximum absolute atomic E-state index is 5.57. The van der Waals surface area contributed by atoms with Crippen LogP contribution in [0.1, 0.15) is 33.6 Å². The molecule has 0 aliphatic carbocycles. The van der Waals surface area contributed by atoms with Gasteiger partial charge in [-0.15, -0.1) is 11.3 Å². The number of benzene rings is 1. The molecular weight excluding hydrogens is 240 g/mol. The molecule has 0 fully saturated rings. The number of hydrogen-bond acceptors (Lipinski definition) is 3. The van der Waals surface area contributed by atoms with Crippen LogP contribution in [0.4, 0.5) is 0 Å². The Morgan fingerprint density at radius 3 is 2.44 bits per heavy atom. The summed E-state index contributed by atoms with van der Waals surface area (Å²) in [5.41, 5.74) is 9.48. The SMILES string of the molecule is CCc1ccc(Cc2sc(CCN)nc2C)cc1. The predicted molar refractivity (Wildman–Crippen MR) is 78.2 cm³/mol. The second kappa shape index (κ2) is 6.12. The highest BCUT2D eigenvalue weighted by Crippen LogP contribution is 2.22. The summed E-state index contributed by atoms with van der Waals surface area (Å²) in [6.07, 6.45) is 2.97. The van der Waals surface area contributed by atoms with Gasteiger partial charge in [0.25, 0.3) is 0 Å². The Hall–Kier alpha value is -1.19. The van der Waals surface area contributed by atoms with Crippen LogP contribution in [0.5, 0.6) is 0 Å². The van der Waals surface area contributed by atoms with Crippen molar-refractivity contribution in [2.24, 2.45) is 5.73 Å². The first-order valence-corrected chi connectivity index (χ1v) is 7.27. The van der Waals surface area contributed by atoms with Gasteiger partial charge in [0.2, 0.25) is 0 Å². The smallest absolute Gasteiger partial charge is 0.0943 e. The van der Waals surface area contributed by atoms with Gasteiger partial charge in [0.05, 0.1) is 10.7 Å². The lowest BCUT2D eigenvalue weighted by molar-refractivity contribution is 0.943. The molecule has 1 aromatic heterocycles. The van der Waals surface area contributed by atoms with Crippen LogP contribution in [0.15, 0.2) is 24.3 Å². The third kappa shape index (κ3) is 3.18. The molecule has 0 saturated heterocycles. The van der Waals surface area contributed by atoms with Crippen molar-refractivity contribution in [3.8, 4) is 0 Å². The van der Waals surface area contributed by atoms with E-state index in [0.29, 0.717) is 6.54 Å². The van der Waals surface area contributed by atoms with Crippen molar-refractivity contribution in [1.29, 1.82) is 0 Å². The predicted octanol–water partition coefficient (Wildman–Crippen LogP) is 3.11. The van der Waals surface area contributed by atoms with E-state index >= 15 is 0 Å². The van der Waals surface area contributed by atoms with E-state index in [0.717, 1.165) is 30.0 Å². The van der Waals surface area contributed by atoms with Gasteiger partial charge in [-0.25, -0.2) is 4.98 Å². The molecule has 2 aromatic rings. The molecule has 0 bridgehead atoms. The van der Waals surface area contributed by atoms with Crippen molar-refractivity contribution in [2.75, 3.05) is 6.54 Å². The fourth-order valence-corrected chi connectivity index (χ4v) is 3.08. The number of aryl methyl sites for hydroxylation is 2. The highest BCUT2D eigenvalue weighted by molar-refractivity contribution is 7.11. The van der Waals surface area contributed by atoms with Crippen molar-refractivity contribution in [2.45, 2.75) is 33.1 Å². The highest BCUT2D eigenvalue weighted by atomic mass is 32.1. The molecule has 0 amide bonds. The maximum atomic E-state index is 5.57. The lowest BCUT2D eigenvalue weighted by Crippen LogP contribution is -2.01. The van der Waals surface area contributed by atoms with Crippen molar-refractivity contribution < 1.29 is 0 Å². The van der Waals surface area contributed by atoms with Crippen LogP contribution < -0.4 is 5.73 Å². The standard InChI is InChI=1S/C15H20N2S/c1-3-12-4-6-13(7-5-12)10-14-11(2)17-15(18-14)8-9-16/h4-7H,3,8-10,16H2,1-2H3. The average molecular weight is 260 g/mol. The maximum Gasteiger partial charge on any atom is 0.0943 e. The van der Waals surface area contributed by atoms with Crippen molar-refractivity contribution in [3.05, 3.63) is 51.0 Å². The van der Waals surface area contributed by atoms with Crippen LogP contribution in [0.3, 0.4) is 0 Å². The molecule has 1 heterocycles. The van der Waals surface area contributed by atoms with Crippen molar-refractivity contribution >= 4 is 11.3 Å². The van der Waals surface area contributed by atoms with E-state index in [1.807, 2.05) is 0 Å². The molecule has 96 valence electrons. The molecule has 2 N–H and O–H groups in total. The molecule has 0 aliphatic rings. The molecule has 0 radical (unpaired) electrons. The molecule has 2 nitrogen and oxygen atoms in total. The summed E-state index contributed by atoms with van der Waals surface area (Å²) in [6.45, 7) is 4.95. The minimum absolute atomic E-state index is 0.678. The summed E-state index contributed by atoms with van der Waals surface area (Å²) in [4.78, 5) is 5.93. The second-order valence-corrected chi connectivity index (χ2v) is 5.67. The van der Waals surface area contributed by atoms with Crippen LogP contribution in [-0.4, -0.2) is 11.5 Å². The Bertz CT molecular complexity index is 500. The van der Waals surface area contributed by atoms with E-state index in [2.05, 4.69) is 43.1 Å². The lowest BCUT2D eigenvalue weighted by atomic mass is 10.1.